The molecule has 0 atom stereocenters. The third-order valence-electron chi connectivity index (χ3n) is 3.79. The fourth-order valence-corrected chi connectivity index (χ4v) is 3.42. The first-order valence-corrected chi connectivity index (χ1v) is 8.58. The first-order chi connectivity index (χ1) is 13.0. The van der Waals surface area contributed by atoms with Gasteiger partial charge in [-0.05, 0) is 42.5 Å². The number of ketones is 1. The monoisotopic (exact) mass is 384 g/mol. The van der Waals surface area contributed by atoms with Crippen molar-refractivity contribution in [3.63, 3.8) is 0 Å². The molecule has 0 aliphatic heterocycles. The molecule has 1 N–H and O–H groups in total. The highest BCUT2D eigenvalue weighted by molar-refractivity contribution is 7.22. The largest absolute Gasteiger partial charge is 0.459 e. The lowest BCUT2D eigenvalue weighted by molar-refractivity contribution is 0.0995. The average molecular weight is 384 g/mol. The Hall–Kier alpha value is -3.39. The van der Waals surface area contributed by atoms with E-state index >= 15 is 0 Å². The smallest absolute Gasteiger partial charge is 0.293 e. The van der Waals surface area contributed by atoms with E-state index in [1.165, 1.54) is 29.7 Å². The molecule has 0 unspecified atom stereocenters. The molecule has 0 spiro atoms. The first kappa shape index (κ1) is 17.0. The van der Waals surface area contributed by atoms with Crippen molar-refractivity contribution in [2.45, 2.75) is 0 Å². The first-order valence-electron chi connectivity index (χ1n) is 7.76. The third-order valence-corrected chi connectivity index (χ3v) is 4.73. The number of amides is 1. The van der Waals surface area contributed by atoms with Crippen molar-refractivity contribution in [2.75, 3.05) is 5.32 Å². The number of furan rings is 1. The summed E-state index contributed by atoms with van der Waals surface area (Å²) in [5.41, 5.74) is 0.595. The normalized spacial score (nSPS) is 10.9. The van der Waals surface area contributed by atoms with E-state index in [1.54, 1.807) is 18.2 Å². The van der Waals surface area contributed by atoms with Crippen LogP contribution in [0.1, 0.15) is 26.5 Å². The Morgan fingerprint density at radius 1 is 1.07 bits per heavy atom. The Morgan fingerprint density at radius 3 is 2.67 bits per heavy atom. The van der Waals surface area contributed by atoms with Gasteiger partial charge >= 0.3 is 0 Å². The Kier molecular flexibility index (Phi) is 4.25. The second kappa shape index (κ2) is 6.73. The van der Waals surface area contributed by atoms with Crippen LogP contribution in [0.5, 0.6) is 0 Å². The van der Waals surface area contributed by atoms with Crippen LogP contribution in [0, 0.1) is 11.6 Å². The molecule has 2 heterocycles. The lowest BCUT2D eigenvalue weighted by Crippen LogP contribution is -2.10. The minimum Gasteiger partial charge on any atom is -0.459 e. The minimum atomic E-state index is -0.921. The molecular formula is C19H10F2N2O3S. The van der Waals surface area contributed by atoms with E-state index in [1.807, 2.05) is 0 Å². The number of fused-ring (bicyclic) bond motifs is 1. The quantitative estimate of drug-likeness (QED) is 0.520. The van der Waals surface area contributed by atoms with Crippen LogP contribution in [0.25, 0.3) is 10.2 Å². The Labute approximate surface area is 155 Å². The predicted molar refractivity (Wildman–Crippen MR) is 96.1 cm³/mol. The molecule has 1 amide bonds. The number of hydrogen-bond donors (Lipinski definition) is 1. The summed E-state index contributed by atoms with van der Waals surface area (Å²) in [6.45, 7) is 0. The van der Waals surface area contributed by atoms with Gasteiger partial charge in [-0.15, -0.1) is 0 Å². The van der Waals surface area contributed by atoms with Gasteiger partial charge in [-0.1, -0.05) is 11.3 Å². The number of carbonyl (C=O) groups excluding carboxylic acids is 2. The second-order valence-electron chi connectivity index (χ2n) is 5.59. The highest BCUT2D eigenvalue weighted by Crippen LogP contribution is 2.28. The summed E-state index contributed by atoms with van der Waals surface area (Å²) in [5.74, 6) is -2.53. The SMILES string of the molecule is O=C(Nc1nc2ccc(C(=O)c3ccc(F)cc3F)cc2s1)c1ccco1. The van der Waals surface area contributed by atoms with Gasteiger partial charge in [0.15, 0.2) is 16.7 Å². The number of aromatic nitrogens is 1. The van der Waals surface area contributed by atoms with E-state index in [0.29, 0.717) is 21.4 Å². The zero-order chi connectivity index (χ0) is 19.0. The molecule has 5 nitrogen and oxygen atoms in total. The van der Waals surface area contributed by atoms with Crippen molar-refractivity contribution < 1.29 is 22.8 Å². The second-order valence-corrected chi connectivity index (χ2v) is 6.62. The van der Waals surface area contributed by atoms with E-state index in [-0.39, 0.29) is 16.9 Å². The predicted octanol–water partition coefficient (Wildman–Crippen LogP) is 4.65. The van der Waals surface area contributed by atoms with E-state index in [4.69, 9.17) is 4.42 Å². The maximum atomic E-state index is 13.9. The molecular weight excluding hydrogens is 374 g/mol. The summed E-state index contributed by atoms with van der Waals surface area (Å²) in [7, 11) is 0. The van der Waals surface area contributed by atoms with Crippen LogP contribution in [-0.2, 0) is 0 Å². The lowest BCUT2D eigenvalue weighted by Gasteiger charge is -2.03. The molecule has 4 rings (SSSR count). The fourth-order valence-electron chi connectivity index (χ4n) is 2.51. The van der Waals surface area contributed by atoms with Crippen LogP contribution in [0.4, 0.5) is 13.9 Å². The van der Waals surface area contributed by atoms with Gasteiger partial charge in [0, 0.05) is 11.6 Å². The van der Waals surface area contributed by atoms with Crippen molar-refractivity contribution in [3.05, 3.63) is 83.3 Å². The molecule has 27 heavy (non-hydrogen) atoms. The number of carbonyl (C=O) groups is 2. The van der Waals surface area contributed by atoms with Gasteiger partial charge in [-0.3, -0.25) is 14.9 Å². The number of anilines is 1. The van der Waals surface area contributed by atoms with Gasteiger partial charge in [-0.25, -0.2) is 13.8 Å². The molecule has 4 aromatic rings. The van der Waals surface area contributed by atoms with Crippen LogP contribution in [0.2, 0.25) is 0 Å². The number of hydrogen-bond acceptors (Lipinski definition) is 5. The van der Waals surface area contributed by atoms with Crippen LogP contribution in [-0.4, -0.2) is 16.7 Å². The minimum absolute atomic E-state index is 0.150. The molecule has 2 aromatic heterocycles. The molecule has 0 bridgehead atoms. The zero-order valence-corrected chi connectivity index (χ0v) is 14.3. The van der Waals surface area contributed by atoms with E-state index in [2.05, 4.69) is 10.3 Å². The lowest BCUT2D eigenvalue weighted by atomic mass is 10.0. The molecule has 2 aromatic carbocycles. The van der Waals surface area contributed by atoms with Crippen molar-refractivity contribution in [3.8, 4) is 0 Å². The van der Waals surface area contributed by atoms with Crippen molar-refractivity contribution in [1.82, 2.24) is 4.98 Å². The summed E-state index contributed by atoms with van der Waals surface area (Å²) in [6, 6.07) is 10.6. The highest BCUT2D eigenvalue weighted by Gasteiger charge is 2.17. The number of nitrogens with one attached hydrogen (secondary N) is 1. The maximum absolute atomic E-state index is 13.9. The van der Waals surface area contributed by atoms with Crippen molar-refractivity contribution >= 4 is 38.4 Å². The van der Waals surface area contributed by atoms with Gasteiger partial charge in [0.1, 0.15) is 11.6 Å². The molecule has 0 radical (unpaired) electrons. The summed E-state index contributed by atoms with van der Waals surface area (Å²) in [5, 5.41) is 2.95. The molecule has 0 fully saturated rings. The average Bonchev–Trinajstić information content (AvgIpc) is 3.30. The topological polar surface area (TPSA) is 72.2 Å². The van der Waals surface area contributed by atoms with Crippen LogP contribution < -0.4 is 5.32 Å². The number of benzene rings is 2. The van der Waals surface area contributed by atoms with Gasteiger partial charge in [-0.2, -0.15) is 0 Å². The molecule has 0 aliphatic rings. The standard InChI is InChI=1S/C19H10F2N2O3S/c20-11-4-5-12(13(21)9-11)17(24)10-3-6-14-16(8-10)27-19(22-14)23-18(25)15-2-1-7-26-15/h1-9H,(H,22,23,25). The van der Waals surface area contributed by atoms with Crippen molar-refractivity contribution in [2.24, 2.45) is 0 Å². The summed E-state index contributed by atoms with van der Waals surface area (Å²) < 4.78 is 32.5. The maximum Gasteiger partial charge on any atom is 0.293 e. The summed E-state index contributed by atoms with van der Waals surface area (Å²) >= 11 is 1.17. The Morgan fingerprint density at radius 2 is 1.93 bits per heavy atom. The Balaban J connectivity index is 1.62. The van der Waals surface area contributed by atoms with Gasteiger partial charge < -0.3 is 4.42 Å². The van der Waals surface area contributed by atoms with Gasteiger partial charge in [0.2, 0.25) is 0 Å². The molecule has 0 saturated heterocycles. The molecule has 134 valence electrons. The van der Waals surface area contributed by atoms with Crippen molar-refractivity contribution in [1.29, 1.82) is 0 Å². The number of halogens is 2. The van der Waals surface area contributed by atoms with Gasteiger partial charge in [0.05, 0.1) is 22.0 Å². The third kappa shape index (κ3) is 3.34. The Bertz CT molecular complexity index is 1170. The summed E-state index contributed by atoms with van der Waals surface area (Å²) in [6.07, 6.45) is 1.39. The molecule has 8 heteroatoms. The number of rotatable bonds is 4. The van der Waals surface area contributed by atoms with E-state index in [9.17, 15) is 18.4 Å². The highest BCUT2D eigenvalue weighted by atomic mass is 32.1. The molecule has 0 saturated carbocycles. The van der Waals surface area contributed by atoms with Crippen LogP contribution in [0.15, 0.2) is 59.2 Å². The molecule has 0 aliphatic carbocycles. The number of nitrogens with zero attached hydrogens (tertiary/aromatic N) is 1. The zero-order valence-electron chi connectivity index (χ0n) is 13.5. The van der Waals surface area contributed by atoms with Crippen LogP contribution in [0.3, 0.4) is 0 Å². The summed E-state index contributed by atoms with van der Waals surface area (Å²) in [4.78, 5) is 28.8. The van der Waals surface area contributed by atoms with Gasteiger partial charge in [0.25, 0.3) is 5.91 Å². The van der Waals surface area contributed by atoms with Crippen LogP contribution >= 0.6 is 11.3 Å². The van der Waals surface area contributed by atoms with E-state index in [0.717, 1.165) is 12.1 Å². The fraction of sp³-hybridized carbons (Fsp3) is 0. The number of thiazole rings is 1. The van der Waals surface area contributed by atoms with E-state index < -0.39 is 23.3 Å².